The molecule has 6 aromatic rings. The molecule has 4 aromatic carbocycles. The molecule has 204 valence electrons. The molecule has 0 aliphatic rings. The molecule has 2 aromatic heterocycles. The van der Waals surface area contributed by atoms with Crippen molar-refractivity contribution in [2.45, 2.75) is 26.9 Å². The molecule has 0 aliphatic heterocycles. The van der Waals surface area contributed by atoms with Crippen molar-refractivity contribution < 1.29 is 14.3 Å². The van der Waals surface area contributed by atoms with Crippen molar-refractivity contribution in [3.63, 3.8) is 0 Å². The van der Waals surface area contributed by atoms with Gasteiger partial charge in [-0.3, -0.25) is 9.59 Å². The molecule has 2 amide bonds. The molecule has 0 saturated carbocycles. The second-order valence-electron chi connectivity index (χ2n) is 9.18. The molecule has 6 rings (SSSR count). The minimum Gasteiger partial charge on any atom is -0.457 e. The molecular formula is C32H26N4O3S2. The third kappa shape index (κ3) is 5.41. The molecule has 0 spiro atoms. The summed E-state index contributed by atoms with van der Waals surface area (Å²) < 4.78 is 12.2. The van der Waals surface area contributed by atoms with Crippen molar-refractivity contribution in [3.8, 4) is 11.5 Å². The van der Waals surface area contributed by atoms with Crippen LogP contribution in [0.2, 0.25) is 0 Å². The Morgan fingerprint density at radius 3 is 1.39 bits per heavy atom. The van der Waals surface area contributed by atoms with Crippen LogP contribution in [0.25, 0.3) is 20.4 Å². The van der Waals surface area contributed by atoms with E-state index < -0.39 is 0 Å². The van der Waals surface area contributed by atoms with Gasteiger partial charge < -0.3 is 13.9 Å². The highest BCUT2D eigenvalue weighted by Gasteiger charge is 2.11. The number of hydrogen-bond donors (Lipinski definition) is 0. The molecule has 0 N–H and O–H groups in total. The van der Waals surface area contributed by atoms with Crippen LogP contribution in [0, 0.1) is 0 Å². The number of aryl methyl sites for hydroxylation is 2. The van der Waals surface area contributed by atoms with Crippen LogP contribution < -0.4 is 14.3 Å². The summed E-state index contributed by atoms with van der Waals surface area (Å²) in [6, 6.07) is 29.8. The Balaban J connectivity index is 1.16. The van der Waals surface area contributed by atoms with Crippen LogP contribution in [0.4, 0.5) is 0 Å². The van der Waals surface area contributed by atoms with Crippen LogP contribution in [0.15, 0.2) is 107 Å². The van der Waals surface area contributed by atoms with Crippen molar-refractivity contribution in [3.05, 3.63) is 118 Å². The first-order chi connectivity index (χ1) is 20.0. The van der Waals surface area contributed by atoms with Gasteiger partial charge in [-0.1, -0.05) is 46.9 Å². The van der Waals surface area contributed by atoms with Gasteiger partial charge in [0, 0.05) is 24.2 Å². The second-order valence-corrected chi connectivity index (χ2v) is 11.2. The molecule has 0 unspecified atom stereocenters. The van der Waals surface area contributed by atoms with Gasteiger partial charge in [0.15, 0.2) is 9.60 Å². The zero-order valence-electron chi connectivity index (χ0n) is 22.5. The van der Waals surface area contributed by atoms with E-state index in [1.807, 2.05) is 71.5 Å². The Bertz CT molecular complexity index is 1880. The summed E-state index contributed by atoms with van der Waals surface area (Å²) in [7, 11) is 0. The number of carbonyl (C=O) groups is 2. The van der Waals surface area contributed by atoms with Crippen molar-refractivity contribution in [1.82, 2.24) is 9.13 Å². The van der Waals surface area contributed by atoms with Gasteiger partial charge >= 0.3 is 0 Å². The predicted octanol–water partition coefficient (Wildman–Crippen LogP) is 7.03. The number of nitrogens with zero attached hydrogens (tertiary/aromatic N) is 4. The molecule has 0 saturated heterocycles. The highest BCUT2D eigenvalue weighted by Crippen LogP contribution is 2.23. The Labute approximate surface area is 244 Å². The largest absolute Gasteiger partial charge is 0.457 e. The van der Waals surface area contributed by atoms with Gasteiger partial charge in [0.1, 0.15) is 11.5 Å². The topological polar surface area (TPSA) is 78.0 Å². The number of hydrogen-bond acceptors (Lipinski definition) is 5. The number of rotatable bonds is 6. The summed E-state index contributed by atoms with van der Waals surface area (Å²) >= 11 is 3.00. The van der Waals surface area contributed by atoms with Crippen LogP contribution in [-0.2, 0) is 13.1 Å². The van der Waals surface area contributed by atoms with Crippen molar-refractivity contribution in [2.75, 3.05) is 0 Å². The first kappa shape index (κ1) is 26.6. The number of aromatic nitrogens is 2. The molecule has 0 radical (unpaired) electrons. The number of carbonyl (C=O) groups excluding carboxylic acids is 2. The molecule has 0 aliphatic carbocycles. The van der Waals surface area contributed by atoms with E-state index in [0.717, 1.165) is 33.5 Å². The maximum Gasteiger partial charge on any atom is 0.279 e. The van der Waals surface area contributed by atoms with E-state index in [-0.39, 0.29) is 11.8 Å². The molecule has 41 heavy (non-hydrogen) atoms. The maximum atomic E-state index is 12.9. The van der Waals surface area contributed by atoms with Gasteiger partial charge in [0.2, 0.25) is 0 Å². The highest BCUT2D eigenvalue weighted by molar-refractivity contribution is 7.16. The zero-order valence-corrected chi connectivity index (χ0v) is 24.1. The normalized spacial score (nSPS) is 12.3. The van der Waals surface area contributed by atoms with Gasteiger partial charge in [-0.2, -0.15) is 9.98 Å². The summed E-state index contributed by atoms with van der Waals surface area (Å²) in [5.41, 5.74) is 3.10. The fourth-order valence-corrected chi connectivity index (χ4v) is 6.78. The lowest BCUT2D eigenvalue weighted by molar-refractivity contribution is 0.0989. The lowest BCUT2D eigenvalue weighted by Gasteiger charge is -2.06. The zero-order chi connectivity index (χ0) is 28.3. The van der Waals surface area contributed by atoms with Crippen LogP contribution in [0.1, 0.15) is 34.6 Å². The third-order valence-corrected chi connectivity index (χ3v) is 8.76. The molecular weight excluding hydrogens is 553 g/mol. The van der Waals surface area contributed by atoms with Crippen molar-refractivity contribution in [1.29, 1.82) is 0 Å². The van der Waals surface area contributed by atoms with Crippen LogP contribution in [0.3, 0.4) is 0 Å². The lowest BCUT2D eigenvalue weighted by atomic mass is 10.2. The van der Waals surface area contributed by atoms with E-state index in [0.29, 0.717) is 32.2 Å². The SMILES string of the molecule is CCn1c(=NC(=O)c2ccc(Oc3ccc(C(=O)N=c4sc5ccccc5n4CC)cc3)cc2)sc2ccccc21. The Kier molecular flexibility index (Phi) is 7.45. The third-order valence-electron chi connectivity index (χ3n) is 6.64. The monoisotopic (exact) mass is 578 g/mol. The minimum absolute atomic E-state index is 0.306. The Morgan fingerprint density at radius 2 is 1.00 bits per heavy atom. The number of ether oxygens (including phenoxy) is 1. The minimum atomic E-state index is -0.306. The smallest absolute Gasteiger partial charge is 0.279 e. The average Bonchev–Trinajstić information content (AvgIpc) is 3.54. The highest BCUT2D eigenvalue weighted by atomic mass is 32.1. The van der Waals surface area contributed by atoms with Gasteiger partial charge in [-0.15, -0.1) is 0 Å². The average molecular weight is 579 g/mol. The molecule has 7 nitrogen and oxygen atoms in total. The van der Waals surface area contributed by atoms with Crippen molar-refractivity contribution in [2.24, 2.45) is 9.98 Å². The fraction of sp³-hybridized carbons (Fsp3) is 0.125. The van der Waals surface area contributed by atoms with Gasteiger partial charge in [0.25, 0.3) is 11.8 Å². The summed E-state index contributed by atoms with van der Waals surface area (Å²) in [5.74, 6) is 0.537. The molecule has 9 heteroatoms. The number of fused-ring (bicyclic) bond motifs is 2. The van der Waals surface area contributed by atoms with E-state index in [1.165, 1.54) is 22.7 Å². The van der Waals surface area contributed by atoms with Gasteiger partial charge in [0.05, 0.1) is 20.4 Å². The van der Waals surface area contributed by atoms with Crippen LogP contribution >= 0.6 is 22.7 Å². The van der Waals surface area contributed by atoms with E-state index in [2.05, 4.69) is 9.98 Å². The van der Waals surface area contributed by atoms with E-state index >= 15 is 0 Å². The van der Waals surface area contributed by atoms with E-state index in [1.54, 1.807) is 48.5 Å². The van der Waals surface area contributed by atoms with Gasteiger partial charge in [-0.05, 0) is 86.6 Å². The standard InChI is InChI=1S/C32H26N4O3S2/c1-3-35-25-9-5-7-11-27(25)40-31(35)33-29(37)21-13-17-23(18-14-21)39-24-19-15-22(16-20-24)30(38)34-32-36(4-2)26-10-6-8-12-28(26)41-32/h5-20H,3-4H2,1-2H3. The molecule has 0 fully saturated rings. The summed E-state index contributed by atoms with van der Waals surface area (Å²) in [4.78, 5) is 35.9. The first-order valence-electron chi connectivity index (χ1n) is 13.3. The van der Waals surface area contributed by atoms with E-state index in [4.69, 9.17) is 4.74 Å². The number of amides is 2. The van der Waals surface area contributed by atoms with Crippen LogP contribution in [-0.4, -0.2) is 20.9 Å². The molecule has 0 atom stereocenters. The predicted molar refractivity (Wildman–Crippen MR) is 164 cm³/mol. The number of thiazole rings is 2. The Hall–Kier alpha value is -4.60. The van der Waals surface area contributed by atoms with E-state index in [9.17, 15) is 9.59 Å². The number of para-hydroxylation sites is 2. The summed E-state index contributed by atoms with van der Waals surface area (Å²) in [6.07, 6.45) is 0. The maximum absolute atomic E-state index is 12.9. The summed E-state index contributed by atoms with van der Waals surface area (Å²) in [6.45, 7) is 5.54. The van der Waals surface area contributed by atoms with Crippen molar-refractivity contribution >= 4 is 54.9 Å². The fourth-order valence-electron chi connectivity index (χ4n) is 4.59. The molecule has 0 bridgehead atoms. The summed E-state index contributed by atoms with van der Waals surface area (Å²) in [5, 5.41) is 0. The number of benzene rings is 4. The quantitative estimate of drug-likeness (QED) is 0.213. The first-order valence-corrected chi connectivity index (χ1v) is 14.9. The molecule has 2 heterocycles. The Morgan fingerprint density at radius 1 is 0.610 bits per heavy atom. The van der Waals surface area contributed by atoms with Crippen LogP contribution in [0.5, 0.6) is 11.5 Å². The second kappa shape index (κ2) is 11.5. The lowest BCUT2D eigenvalue weighted by Crippen LogP contribution is -2.15. The van der Waals surface area contributed by atoms with Gasteiger partial charge in [-0.25, -0.2) is 0 Å².